The van der Waals surface area contributed by atoms with Gasteiger partial charge in [-0.05, 0) is 29.8 Å². The molecule has 1 aromatic carbocycles. The van der Waals surface area contributed by atoms with Crippen molar-refractivity contribution >= 4 is 29.3 Å². The Bertz CT molecular complexity index is 1140. The minimum absolute atomic E-state index is 0. The average Bonchev–Trinajstić information content (AvgIpc) is 3.21. The molecule has 8 heteroatoms. The van der Waals surface area contributed by atoms with Gasteiger partial charge in [-0.15, -0.1) is 12.4 Å². The van der Waals surface area contributed by atoms with Gasteiger partial charge in [0.1, 0.15) is 11.3 Å². The third-order valence-corrected chi connectivity index (χ3v) is 5.42. The molecule has 31 heavy (non-hydrogen) atoms. The van der Waals surface area contributed by atoms with Crippen LogP contribution in [0.4, 0.5) is 5.95 Å². The van der Waals surface area contributed by atoms with Crippen LogP contribution in [0, 0.1) is 0 Å². The molecule has 7 nitrogen and oxygen atoms in total. The summed E-state index contributed by atoms with van der Waals surface area (Å²) in [7, 11) is 1.62. The Morgan fingerprint density at radius 2 is 1.87 bits per heavy atom. The number of piperazine rings is 1. The van der Waals surface area contributed by atoms with Crippen LogP contribution in [0.25, 0.3) is 22.1 Å². The predicted molar refractivity (Wildman–Crippen MR) is 123 cm³/mol. The van der Waals surface area contributed by atoms with Crippen molar-refractivity contribution in [3.8, 4) is 17.0 Å². The van der Waals surface area contributed by atoms with Crippen molar-refractivity contribution < 1.29 is 9.15 Å². The van der Waals surface area contributed by atoms with Crippen LogP contribution in [0.3, 0.4) is 0 Å². The monoisotopic (exact) mass is 437 g/mol. The van der Waals surface area contributed by atoms with Crippen molar-refractivity contribution in [2.75, 3.05) is 38.2 Å². The zero-order valence-electron chi connectivity index (χ0n) is 17.3. The summed E-state index contributed by atoms with van der Waals surface area (Å²) >= 11 is 0. The summed E-state index contributed by atoms with van der Waals surface area (Å²) in [5.74, 6) is 2.30. The highest BCUT2D eigenvalue weighted by Gasteiger charge is 2.20. The lowest BCUT2D eigenvalue weighted by Crippen LogP contribution is -2.46. The SMILES string of the molecule is COc1ccnc(N2CCN(Cc3cc4cc(-c5cccnc5)ccc4o3)CC2)n1.Cl. The second-order valence-corrected chi connectivity index (χ2v) is 7.37. The number of nitrogens with zero attached hydrogens (tertiary/aromatic N) is 5. The molecule has 4 aromatic rings. The van der Waals surface area contributed by atoms with E-state index in [2.05, 4.69) is 49.0 Å². The van der Waals surface area contributed by atoms with E-state index in [9.17, 15) is 0 Å². The van der Waals surface area contributed by atoms with Gasteiger partial charge in [0.25, 0.3) is 0 Å². The molecule has 0 aliphatic carbocycles. The molecule has 0 spiro atoms. The van der Waals surface area contributed by atoms with Gasteiger partial charge in [0, 0.05) is 61.8 Å². The Kier molecular flexibility index (Phi) is 6.34. The Labute approximate surface area is 187 Å². The van der Waals surface area contributed by atoms with Crippen LogP contribution < -0.4 is 9.64 Å². The number of halogens is 1. The maximum atomic E-state index is 6.09. The first kappa shape index (κ1) is 21.1. The van der Waals surface area contributed by atoms with E-state index in [1.54, 1.807) is 25.6 Å². The summed E-state index contributed by atoms with van der Waals surface area (Å²) in [6.45, 7) is 4.40. The molecule has 0 atom stereocenters. The van der Waals surface area contributed by atoms with Crippen LogP contribution in [0.1, 0.15) is 5.76 Å². The van der Waals surface area contributed by atoms with E-state index in [1.807, 2.05) is 18.3 Å². The first-order valence-electron chi connectivity index (χ1n) is 10.1. The number of methoxy groups -OCH3 is 1. The maximum Gasteiger partial charge on any atom is 0.228 e. The fourth-order valence-corrected chi connectivity index (χ4v) is 3.81. The minimum Gasteiger partial charge on any atom is -0.481 e. The molecule has 0 radical (unpaired) electrons. The summed E-state index contributed by atoms with van der Waals surface area (Å²) in [6.07, 6.45) is 5.41. The van der Waals surface area contributed by atoms with Crippen molar-refractivity contribution in [2.24, 2.45) is 0 Å². The fraction of sp³-hybridized carbons (Fsp3) is 0.261. The van der Waals surface area contributed by atoms with E-state index >= 15 is 0 Å². The van der Waals surface area contributed by atoms with Gasteiger partial charge in [-0.3, -0.25) is 9.88 Å². The molecule has 5 rings (SSSR count). The number of pyridine rings is 1. The molecule has 0 bridgehead atoms. The second kappa shape index (κ2) is 9.32. The van der Waals surface area contributed by atoms with Crippen molar-refractivity contribution in [1.29, 1.82) is 0 Å². The molecule has 3 aromatic heterocycles. The van der Waals surface area contributed by atoms with Crippen molar-refractivity contribution in [3.05, 3.63) is 66.8 Å². The van der Waals surface area contributed by atoms with Gasteiger partial charge in [0.05, 0.1) is 13.7 Å². The number of hydrogen-bond donors (Lipinski definition) is 0. The Morgan fingerprint density at radius 1 is 1.00 bits per heavy atom. The number of rotatable bonds is 5. The smallest absolute Gasteiger partial charge is 0.228 e. The molecule has 0 saturated carbocycles. The highest BCUT2D eigenvalue weighted by Crippen LogP contribution is 2.27. The third-order valence-electron chi connectivity index (χ3n) is 5.42. The fourth-order valence-electron chi connectivity index (χ4n) is 3.81. The maximum absolute atomic E-state index is 6.09. The molecule has 0 unspecified atom stereocenters. The molecule has 4 heterocycles. The average molecular weight is 438 g/mol. The van der Waals surface area contributed by atoms with Gasteiger partial charge in [0.2, 0.25) is 11.8 Å². The molecular weight excluding hydrogens is 414 g/mol. The first-order valence-corrected chi connectivity index (χ1v) is 10.1. The summed E-state index contributed by atoms with van der Waals surface area (Å²) in [5, 5.41) is 1.12. The quantitative estimate of drug-likeness (QED) is 0.466. The van der Waals surface area contributed by atoms with Crippen LogP contribution in [-0.2, 0) is 6.54 Å². The number of hydrogen-bond acceptors (Lipinski definition) is 7. The minimum atomic E-state index is 0. The van der Waals surface area contributed by atoms with Gasteiger partial charge in [-0.1, -0.05) is 12.1 Å². The Hall–Kier alpha value is -3.16. The normalized spacial score (nSPS) is 14.4. The predicted octanol–water partition coefficient (Wildman–Crippen LogP) is 4.04. The van der Waals surface area contributed by atoms with E-state index in [0.717, 1.165) is 66.5 Å². The first-order chi connectivity index (χ1) is 14.8. The zero-order valence-corrected chi connectivity index (χ0v) is 18.1. The summed E-state index contributed by atoms with van der Waals surface area (Å²) in [5.41, 5.74) is 3.17. The van der Waals surface area contributed by atoms with Crippen LogP contribution in [-0.4, -0.2) is 53.1 Å². The lowest BCUT2D eigenvalue weighted by Gasteiger charge is -2.34. The second-order valence-electron chi connectivity index (χ2n) is 7.37. The van der Waals surface area contributed by atoms with Crippen LogP contribution >= 0.6 is 12.4 Å². The van der Waals surface area contributed by atoms with Crippen molar-refractivity contribution in [2.45, 2.75) is 6.54 Å². The number of ether oxygens (including phenoxy) is 1. The molecule has 1 saturated heterocycles. The van der Waals surface area contributed by atoms with Crippen LogP contribution in [0.15, 0.2) is 65.5 Å². The molecule has 0 N–H and O–H groups in total. The van der Waals surface area contributed by atoms with Gasteiger partial charge in [0.15, 0.2) is 0 Å². The summed E-state index contributed by atoms with van der Waals surface area (Å²) in [6, 6.07) is 14.2. The lowest BCUT2D eigenvalue weighted by atomic mass is 10.1. The molecule has 1 fully saturated rings. The van der Waals surface area contributed by atoms with Crippen LogP contribution in [0.5, 0.6) is 5.88 Å². The summed E-state index contributed by atoms with van der Waals surface area (Å²) in [4.78, 5) is 17.6. The molecule has 0 amide bonds. The standard InChI is InChI=1S/C23H23N5O2.ClH/c1-29-22-6-8-25-23(26-22)28-11-9-27(10-12-28)16-20-14-19-13-17(4-5-21(19)30-20)18-3-2-7-24-15-18;/h2-8,13-15H,9-12,16H2,1H3;1H. The number of anilines is 1. The molecule has 1 aliphatic rings. The van der Waals surface area contributed by atoms with E-state index in [0.29, 0.717) is 5.88 Å². The molecule has 1 aliphatic heterocycles. The third kappa shape index (κ3) is 4.62. The Balaban J connectivity index is 0.00000231. The number of benzene rings is 1. The number of fused-ring (bicyclic) bond motifs is 1. The van der Waals surface area contributed by atoms with E-state index < -0.39 is 0 Å². The van der Waals surface area contributed by atoms with Crippen LogP contribution in [0.2, 0.25) is 0 Å². The highest BCUT2D eigenvalue weighted by molar-refractivity contribution is 5.85. The van der Waals surface area contributed by atoms with Gasteiger partial charge in [-0.2, -0.15) is 4.98 Å². The molecule has 160 valence electrons. The highest BCUT2D eigenvalue weighted by atomic mass is 35.5. The topological polar surface area (TPSA) is 67.5 Å². The number of aromatic nitrogens is 3. The molecular formula is C23H24ClN5O2. The van der Waals surface area contributed by atoms with Crippen molar-refractivity contribution in [3.63, 3.8) is 0 Å². The number of furan rings is 1. The van der Waals surface area contributed by atoms with Crippen molar-refractivity contribution in [1.82, 2.24) is 19.9 Å². The van der Waals surface area contributed by atoms with Gasteiger partial charge < -0.3 is 14.1 Å². The van der Waals surface area contributed by atoms with Gasteiger partial charge >= 0.3 is 0 Å². The van der Waals surface area contributed by atoms with E-state index in [1.165, 1.54) is 0 Å². The summed E-state index contributed by atoms with van der Waals surface area (Å²) < 4.78 is 11.3. The zero-order chi connectivity index (χ0) is 20.3. The van der Waals surface area contributed by atoms with Gasteiger partial charge in [-0.25, -0.2) is 4.98 Å². The largest absolute Gasteiger partial charge is 0.481 e. The van der Waals surface area contributed by atoms with E-state index in [4.69, 9.17) is 9.15 Å². The Morgan fingerprint density at radius 3 is 2.65 bits per heavy atom. The lowest BCUT2D eigenvalue weighted by molar-refractivity contribution is 0.231. The van der Waals surface area contributed by atoms with E-state index in [-0.39, 0.29) is 12.4 Å².